The maximum absolute atomic E-state index is 12.3. The lowest BCUT2D eigenvalue weighted by Crippen LogP contribution is -2.51. The first-order chi connectivity index (χ1) is 11.0. The largest absolute Gasteiger partial charge is 0.361 e. The predicted octanol–water partition coefficient (Wildman–Crippen LogP) is 0.558. The summed E-state index contributed by atoms with van der Waals surface area (Å²) >= 11 is 0. The standard InChI is InChI=1S/C16H24N4O3/c1-12-14(13(2)23-17-12)10-18-6-8-19(9-7-18)16(22)11-20-5-3-4-15(20)21/h3-11H2,1-2H3. The van der Waals surface area contributed by atoms with Gasteiger partial charge in [0.1, 0.15) is 5.76 Å². The van der Waals surface area contributed by atoms with Crippen molar-refractivity contribution >= 4 is 11.8 Å². The van der Waals surface area contributed by atoms with Gasteiger partial charge in [-0.2, -0.15) is 0 Å². The van der Waals surface area contributed by atoms with E-state index in [9.17, 15) is 9.59 Å². The minimum absolute atomic E-state index is 0.0669. The number of aromatic nitrogens is 1. The van der Waals surface area contributed by atoms with Crippen LogP contribution in [0.5, 0.6) is 0 Å². The quantitative estimate of drug-likeness (QED) is 0.811. The lowest BCUT2D eigenvalue weighted by molar-refractivity contribution is -0.139. The predicted molar refractivity (Wildman–Crippen MR) is 83.6 cm³/mol. The van der Waals surface area contributed by atoms with Gasteiger partial charge in [-0.1, -0.05) is 5.16 Å². The Hall–Kier alpha value is -1.89. The molecule has 7 nitrogen and oxygen atoms in total. The molecule has 0 aliphatic carbocycles. The topological polar surface area (TPSA) is 69.9 Å². The average molecular weight is 320 g/mol. The minimum Gasteiger partial charge on any atom is -0.361 e. The Morgan fingerprint density at radius 3 is 2.48 bits per heavy atom. The van der Waals surface area contributed by atoms with E-state index >= 15 is 0 Å². The van der Waals surface area contributed by atoms with Crippen molar-refractivity contribution < 1.29 is 14.1 Å². The number of carbonyl (C=O) groups is 2. The van der Waals surface area contributed by atoms with Crippen LogP contribution in [0.4, 0.5) is 0 Å². The first-order valence-corrected chi connectivity index (χ1v) is 8.24. The van der Waals surface area contributed by atoms with Crippen LogP contribution in [0.2, 0.25) is 0 Å². The number of rotatable bonds is 4. The third kappa shape index (κ3) is 3.55. The lowest BCUT2D eigenvalue weighted by atomic mass is 10.2. The monoisotopic (exact) mass is 320 g/mol. The Morgan fingerprint density at radius 2 is 1.91 bits per heavy atom. The van der Waals surface area contributed by atoms with E-state index < -0.39 is 0 Å². The van der Waals surface area contributed by atoms with Gasteiger partial charge in [0, 0.05) is 51.3 Å². The zero-order chi connectivity index (χ0) is 16.4. The highest BCUT2D eigenvalue weighted by molar-refractivity contribution is 5.85. The zero-order valence-electron chi connectivity index (χ0n) is 13.9. The van der Waals surface area contributed by atoms with Gasteiger partial charge < -0.3 is 14.3 Å². The number of likely N-dealkylation sites (tertiary alicyclic amines) is 1. The molecule has 0 bridgehead atoms. The second-order valence-corrected chi connectivity index (χ2v) is 6.38. The molecule has 2 aliphatic heterocycles. The Balaban J connectivity index is 1.48. The van der Waals surface area contributed by atoms with Gasteiger partial charge in [0.15, 0.2) is 0 Å². The number of aryl methyl sites for hydroxylation is 2. The first kappa shape index (κ1) is 16.0. The SMILES string of the molecule is Cc1noc(C)c1CN1CCN(C(=O)CN2CCCC2=O)CC1. The molecule has 2 aliphatic rings. The summed E-state index contributed by atoms with van der Waals surface area (Å²) in [6, 6.07) is 0. The van der Waals surface area contributed by atoms with Crippen LogP contribution in [0.3, 0.4) is 0 Å². The van der Waals surface area contributed by atoms with Crippen molar-refractivity contribution in [1.29, 1.82) is 0 Å². The summed E-state index contributed by atoms with van der Waals surface area (Å²) in [7, 11) is 0. The van der Waals surface area contributed by atoms with Gasteiger partial charge in [0.2, 0.25) is 11.8 Å². The number of amides is 2. The molecule has 2 amide bonds. The van der Waals surface area contributed by atoms with E-state index in [1.54, 1.807) is 4.90 Å². The van der Waals surface area contributed by atoms with Crippen molar-refractivity contribution in [3.8, 4) is 0 Å². The van der Waals surface area contributed by atoms with Crippen molar-refractivity contribution in [1.82, 2.24) is 19.9 Å². The molecule has 0 spiro atoms. The summed E-state index contributed by atoms with van der Waals surface area (Å²) in [6.07, 6.45) is 1.45. The van der Waals surface area contributed by atoms with E-state index in [1.807, 2.05) is 18.7 Å². The van der Waals surface area contributed by atoms with Crippen LogP contribution < -0.4 is 0 Å². The highest BCUT2D eigenvalue weighted by Gasteiger charge is 2.27. The molecule has 0 saturated carbocycles. The van der Waals surface area contributed by atoms with E-state index in [-0.39, 0.29) is 18.4 Å². The number of nitrogens with zero attached hydrogens (tertiary/aromatic N) is 4. The van der Waals surface area contributed by atoms with E-state index in [2.05, 4.69) is 10.1 Å². The lowest BCUT2D eigenvalue weighted by Gasteiger charge is -2.35. The van der Waals surface area contributed by atoms with Crippen molar-refractivity contribution in [2.24, 2.45) is 0 Å². The summed E-state index contributed by atoms with van der Waals surface area (Å²) in [5.74, 6) is 1.04. The van der Waals surface area contributed by atoms with Crippen molar-refractivity contribution in [2.45, 2.75) is 33.2 Å². The molecule has 3 rings (SSSR count). The molecule has 126 valence electrons. The fraction of sp³-hybridized carbons (Fsp3) is 0.688. The maximum Gasteiger partial charge on any atom is 0.242 e. The third-order valence-corrected chi connectivity index (χ3v) is 4.79. The second-order valence-electron chi connectivity index (χ2n) is 6.38. The van der Waals surface area contributed by atoms with Crippen LogP contribution in [0.25, 0.3) is 0 Å². The number of carbonyl (C=O) groups excluding carboxylic acids is 2. The van der Waals surface area contributed by atoms with Crippen LogP contribution in [0, 0.1) is 13.8 Å². The highest BCUT2D eigenvalue weighted by atomic mass is 16.5. The minimum atomic E-state index is 0.0669. The van der Waals surface area contributed by atoms with Crippen LogP contribution in [0.15, 0.2) is 4.52 Å². The molecule has 0 aromatic carbocycles. The van der Waals surface area contributed by atoms with E-state index in [0.29, 0.717) is 19.5 Å². The van der Waals surface area contributed by atoms with Gasteiger partial charge in [-0.3, -0.25) is 14.5 Å². The van der Waals surface area contributed by atoms with E-state index in [4.69, 9.17) is 4.52 Å². The molecule has 0 unspecified atom stereocenters. The first-order valence-electron chi connectivity index (χ1n) is 8.24. The van der Waals surface area contributed by atoms with Crippen LogP contribution in [0.1, 0.15) is 29.9 Å². The Bertz CT molecular complexity index is 571. The highest BCUT2D eigenvalue weighted by Crippen LogP contribution is 2.16. The summed E-state index contributed by atoms with van der Waals surface area (Å²) in [5.41, 5.74) is 2.08. The molecule has 0 N–H and O–H groups in total. The second kappa shape index (κ2) is 6.70. The number of hydrogen-bond acceptors (Lipinski definition) is 5. The third-order valence-electron chi connectivity index (χ3n) is 4.79. The molecule has 1 aromatic rings. The summed E-state index contributed by atoms with van der Waals surface area (Å²) in [5, 5.41) is 3.99. The average Bonchev–Trinajstić information content (AvgIpc) is 3.08. The Labute approximate surface area is 136 Å². The van der Waals surface area contributed by atoms with E-state index in [1.165, 1.54) is 0 Å². The molecule has 2 saturated heterocycles. The van der Waals surface area contributed by atoms with Gasteiger partial charge in [0.25, 0.3) is 0 Å². The molecule has 7 heteroatoms. The molecule has 1 aromatic heterocycles. The Morgan fingerprint density at radius 1 is 1.17 bits per heavy atom. The zero-order valence-corrected chi connectivity index (χ0v) is 13.9. The molecular weight excluding hydrogens is 296 g/mol. The van der Waals surface area contributed by atoms with Crippen molar-refractivity contribution in [3.63, 3.8) is 0 Å². The molecule has 23 heavy (non-hydrogen) atoms. The van der Waals surface area contributed by atoms with E-state index in [0.717, 1.165) is 49.6 Å². The molecule has 0 radical (unpaired) electrons. The fourth-order valence-electron chi connectivity index (χ4n) is 3.24. The van der Waals surface area contributed by atoms with Gasteiger partial charge in [-0.05, 0) is 20.3 Å². The summed E-state index contributed by atoms with van der Waals surface area (Å²) in [4.78, 5) is 29.8. The van der Waals surface area contributed by atoms with Gasteiger partial charge in [-0.15, -0.1) is 0 Å². The van der Waals surface area contributed by atoms with Crippen LogP contribution >= 0.6 is 0 Å². The van der Waals surface area contributed by atoms with Crippen molar-refractivity contribution in [2.75, 3.05) is 39.3 Å². The molecular formula is C16H24N4O3. The fourth-order valence-corrected chi connectivity index (χ4v) is 3.24. The van der Waals surface area contributed by atoms with Gasteiger partial charge in [0.05, 0.1) is 12.2 Å². The number of hydrogen-bond donors (Lipinski definition) is 0. The maximum atomic E-state index is 12.3. The molecule has 3 heterocycles. The van der Waals surface area contributed by atoms with Gasteiger partial charge >= 0.3 is 0 Å². The van der Waals surface area contributed by atoms with Gasteiger partial charge in [-0.25, -0.2) is 0 Å². The summed E-state index contributed by atoms with van der Waals surface area (Å²) in [6.45, 7) is 8.76. The van der Waals surface area contributed by atoms with Crippen molar-refractivity contribution in [3.05, 3.63) is 17.0 Å². The molecule has 0 atom stereocenters. The normalized spacial score (nSPS) is 19.7. The molecule has 2 fully saturated rings. The smallest absolute Gasteiger partial charge is 0.242 e. The Kier molecular flexibility index (Phi) is 4.66. The van der Waals surface area contributed by atoms with Crippen LogP contribution in [-0.2, 0) is 16.1 Å². The number of piperazine rings is 1. The van der Waals surface area contributed by atoms with Crippen LogP contribution in [-0.4, -0.2) is 70.9 Å². The summed E-state index contributed by atoms with van der Waals surface area (Å²) < 4.78 is 5.20.